The number of nitrogens with zero attached hydrogens (tertiary/aromatic N) is 1. The van der Waals surface area contributed by atoms with Gasteiger partial charge in [0.05, 0.1) is 5.56 Å². The summed E-state index contributed by atoms with van der Waals surface area (Å²) in [6.45, 7) is 4.95. The van der Waals surface area contributed by atoms with Crippen molar-refractivity contribution >= 4 is 17.3 Å². The first kappa shape index (κ1) is 13.3. The van der Waals surface area contributed by atoms with Crippen LogP contribution in [0.4, 0.5) is 0 Å². The molecule has 2 aromatic rings. The van der Waals surface area contributed by atoms with Crippen LogP contribution in [0, 0.1) is 6.92 Å². The molecular weight excluding hydrogens is 270 g/mol. The lowest BCUT2D eigenvalue weighted by molar-refractivity contribution is 0.0696. The molecule has 0 spiro atoms. The van der Waals surface area contributed by atoms with E-state index in [1.54, 1.807) is 12.1 Å². The van der Waals surface area contributed by atoms with Gasteiger partial charge in [-0.1, -0.05) is 6.07 Å². The van der Waals surface area contributed by atoms with Gasteiger partial charge < -0.3 is 5.11 Å². The van der Waals surface area contributed by atoms with Crippen LogP contribution in [0.25, 0.3) is 0 Å². The number of aromatic carboxylic acids is 1. The predicted molar refractivity (Wildman–Crippen MR) is 80.3 cm³/mol. The zero-order valence-electron chi connectivity index (χ0n) is 11.4. The molecule has 1 aromatic heterocycles. The number of carboxylic acid groups (broad SMARTS) is 1. The van der Waals surface area contributed by atoms with Gasteiger partial charge in [-0.05, 0) is 53.6 Å². The van der Waals surface area contributed by atoms with E-state index in [0.29, 0.717) is 5.56 Å². The molecule has 0 aliphatic carbocycles. The Kier molecular flexibility index (Phi) is 3.59. The highest BCUT2D eigenvalue weighted by Gasteiger charge is 2.18. The molecule has 0 unspecified atom stereocenters. The Morgan fingerprint density at radius 1 is 1.40 bits per heavy atom. The topological polar surface area (TPSA) is 40.5 Å². The van der Waals surface area contributed by atoms with Crippen molar-refractivity contribution in [1.82, 2.24) is 4.90 Å². The molecule has 0 saturated carbocycles. The van der Waals surface area contributed by atoms with Gasteiger partial charge in [-0.2, -0.15) is 0 Å². The Morgan fingerprint density at radius 3 is 3.00 bits per heavy atom. The first-order valence-electron chi connectivity index (χ1n) is 6.74. The van der Waals surface area contributed by atoms with Crippen LogP contribution in [0.5, 0.6) is 0 Å². The van der Waals surface area contributed by atoms with Crippen molar-refractivity contribution < 1.29 is 9.90 Å². The normalized spacial score (nSPS) is 15.1. The van der Waals surface area contributed by atoms with Gasteiger partial charge in [0.1, 0.15) is 0 Å². The zero-order chi connectivity index (χ0) is 14.1. The van der Waals surface area contributed by atoms with Crippen molar-refractivity contribution in [3.63, 3.8) is 0 Å². The van der Waals surface area contributed by atoms with E-state index in [4.69, 9.17) is 5.11 Å². The van der Waals surface area contributed by atoms with Crippen molar-refractivity contribution in [2.75, 3.05) is 6.54 Å². The number of hydrogen-bond acceptors (Lipinski definition) is 3. The summed E-state index contributed by atoms with van der Waals surface area (Å²) >= 11 is 1.85. The van der Waals surface area contributed by atoms with Crippen LogP contribution in [-0.4, -0.2) is 22.5 Å². The van der Waals surface area contributed by atoms with E-state index in [-0.39, 0.29) is 0 Å². The fraction of sp³-hybridized carbons (Fsp3) is 0.312. The number of fused-ring (bicyclic) bond motifs is 1. The van der Waals surface area contributed by atoms with Crippen LogP contribution in [0.1, 0.15) is 31.9 Å². The van der Waals surface area contributed by atoms with Crippen LogP contribution in [-0.2, 0) is 19.5 Å². The van der Waals surface area contributed by atoms with Gasteiger partial charge in [-0.25, -0.2) is 4.79 Å². The van der Waals surface area contributed by atoms with Crippen LogP contribution in [0.2, 0.25) is 0 Å². The maximum absolute atomic E-state index is 11.0. The summed E-state index contributed by atoms with van der Waals surface area (Å²) in [5.74, 6) is -0.861. The van der Waals surface area contributed by atoms with Gasteiger partial charge in [0.25, 0.3) is 0 Å². The van der Waals surface area contributed by atoms with Gasteiger partial charge >= 0.3 is 5.97 Å². The summed E-state index contributed by atoms with van der Waals surface area (Å²) in [6.07, 6.45) is 1.12. The van der Waals surface area contributed by atoms with E-state index in [9.17, 15) is 4.79 Å². The first-order chi connectivity index (χ1) is 9.63. The fourth-order valence-electron chi connectivity index (χ4n) is 2.69. The number of benzene rings is 1. The quantitative estimate of drug-likeness (QED) is 0.941. The molecule has 0 bridgehead atoms. The molecule has 0 amide bonds. The maximum atomic E-state index is 11.0. The molecule has 2 heterocycles. The third-order valence-corrected chi connectivity index (χ3v) is 4.89. The average molecular weight is 287 g/mol. The van der Waals surface area contributed by atoms with Crippen LogP contribution in [0.15, 0.2) is 29.6 Å². The molecule has 0 atom stereocenters. The number of aryl methyl sites for hydroxylation is 1. The summed E-state index contributed by atoms with van der Waals surface area (Å²) in [5, 5.41) is 11.2. The van der Waals surface area contributed by atoms with E-state index in [1.165, 1.54) is 16.0 Å². The molecule has 3 rings (SSSR count). The lowest BCUT2D eigenvalue weighted by atomic mass is 10.0. The number of carbonyl (C=O) groups is 1. The number of hydrogen-bond donors (Lipinski definition) is 1. The van der Waals surface area contributed by atoms with Crippen LogP contribution < -0.4 is 0 Å². The minimum absolute atomic E-state index is 0.366. The molecule has 3 nitrogen and oxygen atoms in total. The predicted octanol–water partition coefficient (Wildman–Crippen LogP) is 3.31. The average Bonchev–Trinajstić information content (AvgIpc) is 2.88. The highest BCUT2D eigenvalue weighted by atomic mass is 32.1. The summed E-state index contributed by atoms with van der Waals surface area (Å²) in [6, 6.07) is 7.62. The Hall–Kier alpha value is -1.65. The summed E-state index contributed by atoms with van der Waals surface area (Å²) in [4.78, 5) is 14.9. The minimum Gasteiger partial charge on any atom is -0.478 e. The molecule has 1 N–H and O–H groups in total. The summed E-state index contributed by atoms with van der Waals surface area (Å²) < 4.78 is 0. The van der Waals surface area contributed by atoms with E-state index in [2.05, 4.69) is 16.3 Å². The van der Waals surface area contributed by atoms with Gasteiger partial charge in [0.2, 0.25) is 0 Å². The van der Waals surface area contributed by atoms with Crippen molar-refractivity contribution in [3.8, 4) is 0 Å². The molecule has 0 fully saturated rings. The van der Waals surface area contributed by atoms with Crippen LogP contribution in [0.3, 0.4) is 0 Å². The lowest BCUT2D eigenvalue weighted by Crippen LogP contribution is -2.29. The largest absolute Gasteiger partial charge is 0.478 e. The van der Waals surface area contributed by atoms with Crippen molar-refractivity contribution in [1.29, 1.82) is 0 Å². The molecule has 20 heavy (non-hydrogen) atoms. The highest BCUT2D eigenvalue weighted by molar-refractivity contribution is 7.10. The van der Waals surface area contributed by atoms with Gasteiger partial charge in [0.15, 0.2) is 0 Å². The Labute approximate surface area is 122 Å². The van der Waals surface area contributed by atoms with Crippen molar-refractivity contribution in [3.05, 3.63) is 56.8 Å². The molecule has 0 saturated heterocycles. The second-order valence-electron chi connectivity index (χ2n) is 5.28. The van der Waals surface area contributed by atoms with E-state index < -0.39 is 5.97 Å². The zero-order valence-corrected chi connectivity index (χ0v) is 12.2. The Balaban J connectivity index is 1.74. The van der Waals surface area contributed by atoms with Crippen molar-refractivity contribution in [2.45, 2.75) is 26.4 Å². The minimum atomic E-state index is -0.861. The maximum Gasteiger partial charge on any atom is 0.335 e. The summed E-state index contributed by atoms with van der Waals surface area (Å²) in [7, 11) is 0. The van der Waals surface area contributed by atoms with Gasteiger partial charge in [-0.15, -0.1) is 11.3 Å². The second-order valence-corrected chi connectivity index (χ2v) is 6.28. The first-order valence-corrected chi connectivity index (χ1v) is 7.62. The van der Waals surface area contributed by atoms with Gasteiger partial charge in [-0.3, -0.25) is 4.90 Å². The Bertz CT molecular complexity index is 648. The smallest absolute Gasteiger partial charge is 0.335 e. The van der Waals surface area contributed by atoms with Crippen LogP contribution >= 0.6 is 11.3 Å². The van der Waals surface area contributed by atoms with Crippen molar-refractivity contribution in [2.24, 2.45) is 0 Å². The summed E-state index contributed by atoms with van der Waals surface area (Å²) in [5.41, 5.74) is 4.08. The molecule has 104 valence electrons. The number of rotatable bonds is 3. The van der Waals surface area contributed by atoms with E-state index in [1.807, 2.05) is 24.3 Å². The molecule has 4 heteroatoms. The van der Waals surface area contributed by atoms with E-state index >= 15 is 0 Å². The number of thiophene rings is 1. The molecule has 1 aliphatic heterocycles. The molecule has 1 aromatic carbocycles. The molecule has 1 aliphatic rings. The molecular formula is C16H17NO2S. The SMILES string of the molecule is Cc1cc(C(=O)O)ccc1CN1CCc2sccc2C1. The monoisotopic (exact) mass is 287 g/mol. The Morgan fingerprint density at radius 2 is 2.25 bits per heavy atom. The fourth-order valence-corrected chi connectivity index (χ4v) is 3.58. The second kappa shape index (κ2) is 5.38. The standard InChI is InChI=1S/C16H17NO2S/c1-11-8-12(16(18)19)2-3-13(11)9-17-6-4-15-14(10-17)5-7-20-15/h2-3,5,7-8H,4,6,9-10H2,1H3,(H,18,19). The van der Waals surface area contributed by atoms with Gasteiger partial charge in [0, 0.05) is 24.5 Å². The third kappa shape index (κ3) is 2.62. The highest BCUT2D eigenvalue weighted by Crippen LogP contribution is 2.25. The number of carboxylic acids is 1. The molecule has 0 radical (unpaired) electrons. The lowest BCUT2D eigenvalue weighted by Gasteiger charge is -2.27. The third-order valence-electron chi connectivity index (χ3n) is 3.87. The van der Waals surface area contributed by atoms with E-state index in [0.717, 1.165) is 31.6 Å².